The van der Waals surface area contributed by atoms with Gasteiger partial charge in [-0.2, -0.15) is 0 Å². The van der Waals surface area contributed by atoms with Crippen LogP contribution in [0.4, 0.5) is 0 Å². The highest BCUT2D eigenvalue weighted by Crippen LogP contribution is 2.31. The van der Waals surface area contributed by atoms with Crippen LogP contribution in [0.3, 0.4) is 0 Å². The lowest BCUT2D eigenvalue weighted by molar-refractivity contribution is 0.271. The van der Waals surface area contributed by atoms with E-state index in [4.69, 9.17) is 15.2 Å². The molecule has 2 heterocycles. The van der Waals surface area contributed by atoms with E-state index < -0.39 is 0 Å². The van der Waals surface area contributed by atoms with E-state index in [-0.39, 0.29) is 11.6 Å². The topological polar surface area (TPSA) is 79.4 Å². The van der Waals surface area contributed by atoms with Gasteiger partial charge in [-0.05, 0) is 24.5 Å². The zero-order valence-electron chi connectivity index (χ0n) is 15.7. The van der Waals surface area contributed by atoms with Crippen molar-refractivity contribution < 1.29 is 9.47 Å². The summed E-state index contributed by atoms with van der Waals surface area (Å²) < 4.78 is 12.9. The van der Waals surface area contributed by atoms with E-state index in [0.717, 1.165) is 22.7 Å². The number of aryl methyl sites for hydroxylation is 1. The monoisotopic (exact) mass is 355 g/mol. The summed E-state index contributed by atoms with van der Waals surface area (Å²) in [5.41, 5.74) is 6.76. The Morgan fingerprint density at radius 1 is 1.23 bits per heavy atom. The standard InChI is InChI=1S/C20H25N3O3/c1-12(2)7-13(21)11-26-14-5-6-15-17(8-14)23(3)20(24)16-9-22-10-18(25-4)19(15)16/h5-6,8-10,12-13H,7,11,21H2,1-4H3. The highest BCUT2D eigenvalue weighted by atomic mass is 16.5. The second-order valence-electron chi connectivity index (χ2n) is 7.01. The quantitative estimate of drug-likeness (QED) is 0.688. The summed E-state index contributed by atoms with van der Waals surface area (Å²) in [7, 11) is 3.32. The van der Waals surface area contributed by atoms with Crippen LogP contribution in [0.2, 0.25) is 0 Å². The maximum atomic E-state index is 12.7. The van der Waals surface area contributed by atoms with Gasteiger partial charge in [-0.25, -0.2) is 0 Å². The summed E-state index contributed by atoms with van der Waals surface area (Å²) in [5.74, 6) is 1.80. The van der Waals surface area contributed by atoms with Crippen molar-refractivity contribution in [3.8, 4) is 11.5 Å². The molecule has 0 aliphatic rings. The summed E-state index contributed by atoms with van der Waals surface area (Å²) in [6.07, 6.45) is 4.10. The van der Waals surface area contributed by atoms with Gasteiger partial charge in [0.25, 0.3) is 5.56 Å². The summed E-state index contributed by atoms with van der Waals surface area (Å²) in [6.45, 7) is 4.72. The Hall–Kier alpha value is -2.60. The fourth-order valence-electron chi connectivity index (χ4n) is 3.29. The first-order valence-electron chi connectivity index (χ1n) is 8.75. The lowest BCUT2D eigenvalue weighted by atomic mass is 10.1. The Labute approximate surface area is 152 Å². The molecule has 3 aromatic rings. The van der Waals surface area contributed by atoms with Gasteiger partial charge in [0.2, 0.25) is 0 Å². The van der Waals surface area contributed by atoms with Crippen molar-refractivity contribution in [3.05, 3.63) is 40.9 Å². The average Bonchev–Trinajstić information content (AvgIpc) is 2.63. The molecule has 2 aromatic heterocycles. The fourth-order valence-corrected chi connectivity index (χ4v) is 3.29. The number of nitrogens with two attached hydrogens (primary N) is 1. The van der Waals surface area contributed by atoms with Gasteiger partial charge in [-0.1, -0.05) is 13.8 Å². The highest BCUT2D eigenvalue weighted by molar-refractivity contribution is 6.08. The zero-order chi connectivity index (χ0) is 18.8. The van der Waals surface area contributed by atoms with Crippen LogP contribution in [-0.4, -0.2) is 29.3 Å². The van der Waals surface area contributed by atoms with E-state index in [0.29, 0.717) is 29.4 Å². The third-order valence-corrected chi connectivity index (χ3v) is 4.50. The third kappa shape index (κ3) is 3.37. The number of pyridine rings is 2. The summed E-state index contributed by atoms with van der Waals surface area (Å²) in [5, 5.41) is 2.22. The fraction of sp³-hybridized carbons (Fsp3) is 0.400. The first-order chi connectivity index (χ1) is 12.4. The van der Waals surface area contributed by atoms with Gasteiger partial charge in [0.1, 0.15) is 18.1 Å². The number of fused-ring (bicyclic) bond motifs is 3. The first kappa shape index (κ1) is 18.2. The van der Waals surface area contributed by atoms with Crippen LogP contribution in [0.25, 0.3) is 21.7 Å². The summed E-state index contributed by atoms with van der Waals surface area (Å²) in [6, 6.07) is 5.70. The molecule has 2 N–H and O–H groups in total. The summed E-state index contributed by atoms with van der Waals surface area (Å²) in [4.78, 5) is 16.8. The van der Waals surface area contributed by atoms with Crippen molar-refractivity contribution in [2.75, 3.05) is 13.7 Å². The van der Waals surface area contributed by atoms with Crippen LogP contribution in [0.15, 0.2) is 35.4 Å². The maximum absolute atomic E-state index is 12.7. The van der Waals surface area contributed by atoms with E-state index in [2.05, 4.69) is 18.8 Å². The number of benzene rings is 1. The molecule has 6 nitrogen and oxygen atoms in total. The SMILES string of the molecule is COc1cncc2c(=O)n(C)c3cc(OCC(N)CC(C)C)ccc3c12. The molecule has 0 saturated heterocycles. The number of methoxy groups -OCH3 is 1. The normalized spacial score (nSPS) is 12.7. The molecule has 0 bridgehead atoms. The third-order valence-electron chi connectivity index (χ3n) is 4.50. The molecule has 138 valence electrons. The second kappa shape index (κ2) is 7.33. The molecule has 0 fully saturated rings. The van der Waals surface area contributed by atoms with Gasteiger partial charge >= 0.3 is 0 Å². The van der Waals surface area contributed by atoms with Crippen molar-refractivity contribution in [3.63, 3.8) is 0 Å². The molecule has 0 saturated carbocycles. The largest absolute Gasteiger partial charge is 0.494 e. The lowest BCUT2D eigenvalue weighted by Gasteiger charge is -2.16. The second-order valence-corrected chi connectivity index (χ2v) is 7.01. The predicted molar refractivity (Wildman–Crippen MR) is 104 cm³/mol. The van der Waals surface area contributed by atoms with Gasteiger partial charge in [0.15, 0.2) is 0 Å². The highest BCUT2D eigenvalue weighted by Gasteiger charge is 2.14. The van der Waals surface area contributed by atoms with Crippen molar-refractivity contribution >= 4 is 21.7 Å². The Morgan fingerprint density at radius 3 is 2.69 bits per heavy atom. The number of aromatic nitrogens is 2. The molecule has 1 atom stereocenters. The Morgan fingerprint density at radius 2 is 2.00 bits per heavy atom. The number of ether oxygens (including phenoxy) is 2. The lowest BCUT2D eigenvalue weighted by Crippen LogP contribution is -2.29. The Bertz CT molecular complexity index is 995. The van der Waals surface area contributed by atoms with Crippen LogP contribution < -0.4 is 20.8 Å². The van der Waals surface area contributed by atoms with Crippen molar-refractivity contribution in [2.45, 2.75) is 26.3 Å². The van der Waals surface area contributed by atoms with Crippen LogP contribution >= 0.6 is 0 Å². The average molecular weight is 355 g/mol. The van der Waals surface area contributed by atoms with Crippen LogP contribution in [0, 0.1) is 5.92 Å². The molecule has 3 rings (SSSR count). The maximum Gasteiger partial charge on any atom is 0.260 e. The van der Waals surface area contributed by atoms with E-state index in [1.807, 2.05) is 18.2 Å². The van der Waals surface area contributed by atoms with Crippen molar-refractivity contribution in [1.82, 2.24) is 9.55 Å². The molecule has 0 aliphatic carbocycles. The molecule has 0 radical (unpaired) electrons. The van der Waals surface area contributed by atoms with Gasteiger partial charge in [-0.15, -0.1) is 0 Å². The van der Waals surface area contributed by atoms with Crippen molar-refractivity contribution in [2.24, 2.45) is 18.7 Å². The van der Waals surface area contributed by atoms with Crippen LogP contribution in [-0.2, 0) is 7.05 Å². The van der Waals surface area contributed by atoms with Gasteiger partial charge in [0, 0.05) is 36.1 Å². The smallest absolute Gasteiger partial charge is 0.260 e. The summed E-state index contributed by atoms with van der Waals surface area (Å²) >= 11 is 0. The van der Waals surface area contributed by atoms with E-state index >= 15 is 0 Å². The molecule has 6 heteroatoms. The molecular formula is C20H25N3O3. The van der Waals surface area contributed by atoms with E-state index in [9.17, 15) is 4.79 Å². The number of hydrogen-bond donors (Lipinski definition) is 1. The van der Waals surface area contributed by atoms with Gasteiger partial charge in [-0.3, -0.25) is 9.78 Å². The Balaban J connectivity index is 2.06. The van der Waals surface area contributed by atoms with Crippen LogP contribution in [0.1, 0.15) is 20.3 Å². The molecule has 1 aromatic carbocycles. The number of rotatable bonds is 6. The Kier molecular flexibility index (Phi) is 5.13. The molecular weight excluding hydrogens is 330 g/mol. The molecule has 1 unspecified atom stereocenters. The molecule has 0 amide bonds. The van der Waals surface area contributed by atoms with Crippen molar-refractivity contribution in [1.29, 1.82) is 0 Å². The van der Waals surface area contributed by atoms with Gasteiger partial charge in [0.05, 0.1) is 24.2 Å². The number of hydrogen-bond acceptors (Lipinski definition) is 5. The van der Waals surface area contributed by atoms with E-state index in [1.165, 1.54) is 0 Å². The minimum Gasteiger partial charge on any atom is -0.494 e. The number of nitrogens with zero attached hydrogens (tertiary/aromatic N) is 2. The minimum atomic E-state index is -0.118. The van der Waals surface area contributed by atoms with Crippen LogP contribution in [0.5, 0.6) is 11.5 Å². The van der Waals surface area contributed by atoms with Gasteiger partial charge < -0.3 is 19.8 Å². The predicted octanol–water partition coefficient (Wildman–Crippen LogP) is 2.85. The first-order valence-corrected chi connectivity index (χ1v) is 8.75. The van der Waals surface area contributed by atoms with E-state index in [1.54, 1.807) is 31.1 Å². The molecule has 0 aliphatic heterocycles. The minimum absolute atomic E-state index is 0.0164. The molecule has 0 spiro atoms. The molecule has 26 heavy (non-hydrogen) atoms. The zero-order valence-corrected chi connectivity index (χ0v) is 15.7.